The lowest BCUT2D eigenvalue weighted by Gasteiger charge is -2.39. The number of para-hydroxylation sites is 1. The van der Waals surface area contributed by atoms with Crippen LogP contribution >= 0.6 is 22.6 Å². The molecule has 2 atom stereocenters. The fourth-order valence-electron chi connectivity index (χ4n) is 2.42. The summed E-state index contributed by atoms with van der Waals surface area (Å²) in [6, 6.07) is 11.8. The number of likely N-dealkylation sites (tertiary alicyclic amines) is 1. The van der Waals surface area contributed by atoms with E-state index in [1.54, 1.807) is 0 Å². The lowest BCUT2D eigenvalue weighted by Crippen LogP contribution is -2.46. The standard InChI is InChI=1S/C14H21IN2/c1-11(2)17-9-8-13(10-14(17)15)16-12-6-4-3-5-7-12/h3-7,11,13-14,16H,8-10H2,1-2H3. The zero-order valence-corrected chi connectivity index (χ0v) is 12.7. The Labute approximate surface area is 118 Å². The Morgan fingerprint density at radius 2 is 2.00 bits per heavy atom. The Morgan fingerprint density at radius 3 is 2.59 bits per heavy atom. The molecule has 1 aliphatic heterocycles. The van der Waals surface area contributed by atoms with Crippen molar-refractivity contribution in [3.63, 3.8) is 0 Å². The van der Waals surface area contributed by atoms with Crippen LogP contribution in [0.25, 0.3) is 0 Å². The molecule has 0 bridgehead atoms. The predicted molar refractivity (Wildman–Crippen MR) is 82.7 cm³/mol. The summed E-state index contributed by atoms with van der Waals surface area (Å²) in [6.45, 7) is 5.78. The summed E-state index contributed by atoms with van der Waals surface area (Å²) in [5, 5.41) is 3.64. The van der Waals surface area contributed by atoms with Gasteiger partial charge in [-0.15, -0.1) is 0 Å². The quantitative estimate of drug-likeness (QED) is 0.511. The monoisotopic (exact) mass is 344 g/mol. The molecule has 3 heteroatoms. The fraction of sp³-hybridized carbons (Fsp3) is 0.571. The van der Waals surface area contributed by atoms with Crippen LogP contribution in [-0.4, -0.2) is 27.6 Å². The third-order valence-corrected chi connectivity index (χ3v) is 4.61. The highest BCUT2D eigenvalue weighted by Crippen LogP contribution is 2.26. The molecule has 1 aromatic rings. The Kier molecular flexibility index (Phi) is 4.68. The van der Waals surface area contributed by atoms with E-state index >= 15 is 0 Å². The van der Waals surface area contributed by atoms with E-state index in [0.29, 0.717) is 16.1 Å². The molecule has 2 unspecified atom stereocenters. The summed E-state index contributed by atoms with van der Waals surface area (Å²) < 4.78 is 0.655. The van der Waals surface area contributed by atoms with Crippen molar-refractivity contribution in [2.45, 2.75) is 42.8 Å². The summed E-state index contributed by atoms with van der Waals surface area (Å²) in [5.74, 6) is 0. The summed E-state index contributed by atoms with van der Waals surface area (Å²) in [6.07, 6.45) is 2.47. The van der Waals surface area contributed by atoms with Crippen molar-refractivity contribution in [2.24, 2.45) is 0 Å². The molecule has 94 valence electrons. The largest absolute Gasteiger partial charge is 0.382 e. The van der Waals surface area contributed by atoms with Crippen molar-refractivity contribution in [1.82, 2.24) is 4.90 Å². The maximum absolute atomic E-state index is 3.64. The summed E-state index contributed by atoms with van der Waals surface area (Å²) in [4.78, 5) is 2.59. The SMILES string of the molecule is CC(C)N1CCC(Nc2ccccc2)CC1I. The molecule has 1 heterocycles. The van der Waals surface area contributed by atoms with Crippen molar-refractivity contribution in [1.29, 1.82) is 0 Å². The average molecular weight is 344 g/mol. The third-order valence-electron chi connectivity index (χ3n) is 3.38. The lowest BCUT2D eigenvalue weighted by molar-refractivity contribution is 0.166. The highest BCUT2D eigenvalue weighted by atomic mass is 127. The molecule has 1 N–H and O–H groups in total. The zero-order valence-electron chi connectivity index (χ0n) is 10.6. The van der Waals surface area contributed by atoms with Crippen molar-refractivity contribution >= 4 is 28.3 Å². The first kappa shape index (κ1) is 13.1. The van der Waals surface area contributed by atoms with Crippen LogP contribution in [0.2, 0.25) is 0 Å². The van der Waals surface area contributed by atoms with Crippen LogP contribution in [0.4, 0.5) is 5.69 Å². The van der Waals surface area contributed by atoms with E-state index in [0.717, 1.165) is 0 Å². The molecular weight excluding hydrogens is 323 g/mol. The van der Waals surface area contributed by atoms with Crippen molar-refractivity contribution in [2.75, 3.05) is 11.9 Å². The van der Waals surface area contributed by atoms with Gasteiger partial charge in [0.25, 0.3) is 0 Å². The molecule has 0 saturated carbocycles. The molecule has 1 aliphatic rings. The van der Waals surface area contributed by atoms with Gasteiger partial charge in [0.1, 0.15) is 0 Å². The van der Waals surface area contributed by atoms with Crippen LogP contribution in [0.3, 0.4) is 0 Å². The number of piperidine rings is 1. The smallest absolute Gasteiger partial charge is 0.0640 e. The summed E-state index contributed by atoms with van der Waals surface area (Å²) in [5.41, 5.74) is 1.25. The number of hydrogen-bond acceptors (Lipinski definition) is 2. The van der Waals surface area contributed by atoms with Gasteiger partial charge in [0.05, 0.1) is 4.05 Å². The molecule has 2 rings (SSSR count). The number of benzene rings is 1. The van der Waals surface area contributed by atoms with Gasteiger partial charge in [-0.2, -0.15) is 0 Å². The van der Waals surface area contributed by atoms with Gasteiger partial charge in [-0.3, -0.25) is 4.90 Å². The number of hydrogen-bond donors (Lipinski definition) is 1. The third kappa shape index (κ3) is 3.58. The number of nitrogens with one attached hydrogen (secondary N) is 1. The Morgan fingerprint density at radius 1 is 1.29 bits per heavy atom. The van der Waals surface area contributed by atoms with E-state index in [9.17, 15) is 0 Å². The molecule has 17 heavy (non-hydrogen) atoms. The molecule has 1 aromatic carbocycles. The van der Waals surface area contributed by atoms with E-state index in [1.165, 1.54) is 25.1 Å². The van der Waals surface area contributed by atoms with Gasteiger partial charge in [-0.25, -0.2) is 0 Å². The van der Waals surface area contributed by atoms with Crippen LogP contribution in [-0.2, 0) is 0 Å². The summed E-state index contributed by atoms with van der Waals surface area (Å²) in [7, 11) is 0. The first-order chi connectivity index (χ1) is 8.16. The van der Waals surface area contributed by atoms with Gasteiger partial charge in [0, 0.05) is 24.3 Å². The first-order valence-electron chi connectivity index (χ1n) is 6.38. The number of halogens is 1. The van der Waals surface area contributed by atoms with Crippen LogP contribution < -0.4 is 5.32 Å². The molecule has 0 radical (unpaired) electrons. The molecule has 2 nitrogen and oxygen atoms in total. The topological polar surface area (TPSA) is 15.3 Å². The van der Waals surface area contributed by atoms with Gasteiger partial charge in [0.15, 0.2) is 0 Å². The average Bonchev–Trinajstić information content (AvgIpc) is 2.30. The van der Waals surface area contributed by atoms with E-state index in [4.69, 9.17) is 0 Å². The van der Waals surface area contributed by atoms with E-state index in [2.05, 4.69) is 77.0 Å². The molecule has 0 spiro atoms. The lowest BCUT2D eigenvalue weighted by atomic mass is 10.0. The molecule has 0 aliphatic carbocycles. The van der Waals surface area contributed by atoms with Crippen molar-refractivity contribution < 1.29 is 0 Å². The van der Waals surface area contributed by atoms with Gasteiger partial charge in [-0.05, 0) is 38.8 Å². The minimum absolute atomic E-state index is 0.620. The molecular formula is C14H21IN2. The van der Waals surface area contributed by atoms with Gasteiger partial charge in [0.2, 0.25) is 0 Å². The molecule has 0 amide bonds. The van der Waals surface area contributed by atoms with Crippen molar-refractivity contribution in [3.8, 4) is 0 Å². The fourth-order valence-corrected chi connectivity index (χ4v) is 3.95. The molecule has 0 aromatic heterocycles. The number of alkyl halides is 1. The van der Waals surface area contributed by atoms with Gasteiger partial charge in [-0.1, -0.05) is 40.8 Å². The first-order valence-corrected chi connectivity index (χ1v) is 7.63. The maximum Gasteiger partial charge on any atom is 0.0640 e. The van der Waals surface area contributed by atoms with Crippen LogP contribution in [0.1, 0.15) is 26.7 Å². The second-order valence-electron chi connectivity index (χ2n) is 5.00. The Hall–Kier alpha value is -0.290. The highest BCUT2D eigenvalue weighted by molar-refractivity contribution is 14.1. The molecule has 1 saturated heterocycles. The van der Waals surface area contributed by atoms with E-state index in [-0.39, 0.29) is 0 Å². The van der Waals surface area contributed by atoms with Crippen LogP contribution in [0.15, 0.2) is 30.3 Å². The van der Waals surface area contributed by atoms with Gasteiger partial charge >= 0.3 is 0 Å². The van der Waals surface area contributed by atoms with Crippen molar-refractivity contribution in [3.05, 3.63) is 30.3 Å². The van der Waals surface area contributed by atoms with Gasteiger partial charge < -0.3 is 5.32 Å². The number of nitrogens with zero attached hydrogens (tertiary/aromatic N) is 1. The predicted octanol–water partition coefficient (Wildman–Crippen LogP) is 3.73. The normalized spacial score (nSPS) is 26.1. The Bertz CT molecular complexity index is 339. The molecule has 1 fully saturated rings. The van der Waals surface area contributed by atoms with E-state index in [1.807, 2.05) is 0 Å². The maximum atomic E-state index is 3.64. The Balaban J connectivity index is 1.90. The highest BCUT2D eigenvalue weighted by Gasteiger charge is 2.27. The van der Waals surface area contributed by atoms with Crippen LogP contribution in [0, 0.1) is 0 Å². The summed E-state index contributed by atoms with van der Waals surface area (Å²) >= 11 is 2.58. The van der Waals surface area contributed by atoms with Crippen LogP contribution in [0.5, 0.6) is 0 Å². The second-order valence-corrected chi connectivity index (χ2v) is 6.44. The second kappa shape index (κ2) is 6.05. The number of anilines is 1. The number of rotatable bonds is 3. The zero-order chi connectivity index (χ0) is 12.3. The van der Waals surface area contributed by atoms with E-state index < -0.39 is 0 Å². The minimum Gasteiger partial charge on any atom is -0.382 e. The minimum atomic E-state index is 0.620.